The Balaban J connectivity index is 1.67. The molecule has 1 radical (unpaired) electrons. The van der Waals surface area contributed by atoms with Gasteiger partial charge in [0.05, 0.1) is 12.8 Å². The van der Waals surface area contributed by atoms with E-state index in [1.807, 2.05) is 0 Å². The quantitative estimate of drug-likeness (QED) is 0.705. The lowest BCUT2D eigenvalue weighted by Crippen LogP contribution is -2.58. The number of hydrogen-bond donors (Lipinski definition) is 1. The Morgan fingerprint density at radius 2 is 2.06 bits per heavy atom. The van der Waals surface area contributed by atoms with Crippen molar-refractivity contribution in [1.82, 2.24) is 20.4 Å². The molecule has 2 aliphatic rings. The van der Waals surface area contributed by atoms with Gasteiger partial charge in [-0.2, -0.15) is 0 Å². The molecule has 0 bridgehead atoms. The minimum absolute atomic E-state index is 0.192. The number of alkyl halides is 1. The highest BCUT2D eigenvalue weighted by Gasteiger charge is 2.25. The smallest absolute Gasteiger partial charge is 0.0906 e. The lowest BCUT2D eigenvalue weighted by Gasteiger charge is -2.40. The van der Waals surface area contributed by atoms with E-state index in [4.69, 9.17) is 0 Å². The van der Waals surface area contributed by atoms with E-state index in [-0.39, 0.29) is 6.67 Å². The maximum Gasteiger partial charge on any atom is 0.0906 e. The van der Waals surface area contributed by atoms with Crippen LogP contribution in [0.25, 0.3) is 0 Å². The fourth-order valence-corrected chi connectivity index (χ4v) is 2.40. The van der Waals surface area contributed by atoms with Crippen molar-refractivity contribution in [2.75, 3.05) is 59.0 Å². The lowest BCUT2D eigenvalue weighted by atomic mass is 10.2. The van der Waals surface area contributed by atoms with Gasteiger partial charge in [0.1, 0.15) is 0 Å². The van der Waals surface area contributed by atoms with Gasteiger partial charge in [0.15, 0.2) is 0 Å². The van der Waals surface area contributed by atoms with Crippen LogP contribution in [0.4, 0.5) is 4.39 Å². The largest absolute Gasteiger partial charge is 0.312 e. The maximum atomic E-state index is 12.1. The molecule has 0 saturated carbocycles. The number of piperazine rings is 2. The molecule has 1 unspecified atom stereocenters. The van der Waals surface area contributed by atoms with Gasteiger partial charge in [0.25, 0.3) is 0 Å². The van der Waals surface area contributed by atoms with E-state index in [9.17, 15) is 4.39 Å². The molecule has 2 rings (SSSR count). The lowest BCUT2D eigenvalue weighted by molar-refractivity contribution is 0.0710. The average Bonchev–Trinajstić information content (AvgIpc) is 2.38. The van der Waals surface area contributed by atoms with Crippen molar-refractivity contribution >= 4 is 0 Å². The predicted molar refractivity (Wildman–Crippen MR) is 62.3 cm³/mol. The van der Waals surface area contributed by atoms with Gasteiger partial charge in [-0.15, -0.1) is 0 Å². The Morgan fingerprint density at radius 1 is 1.25 bits per heavy atom. The van der Waals surface area contributed by atoms with Gasteiger partial charge >= 0.3 is 0 Å². The molecule has 0 aromatic carbocycles. The fraction of sp³-hybridized carbons (Fsp3) is 1.00. The third-order valence-corrected chi connectivity index (χ3v) is 3.39. The Hall–Kier alpha value is -0.230. The third kappa shape index (κ3) is 3.38. The minimum atomic E-state index is -0.192. The summed E-state index contributed by atoms with van der Waals surface area (Å²) in [6, 6.07) is 0. The second kappa shape index (κ2) is 6.49. The monoisotopic (exact) mass is 229 g/mol. The molecule has 0 amide bonds. The summed E-state index contributed by atoms with van der Waals surface area (Å²) in [7, 11) is 0. The van der Waals surface area contributed by atoms with Gasteiger partial charge < -0.3 is 10.2 Å². The van der Waals surface area contributed by atoms with Crippen LogP contribution in [0, 0.1) is 0 Å². The number of halogens is 1. The van der Waals surface area contributed by atoms with Gasteiger partial charge in [0.2, 0.25) is 0 Å². The van der Waals surface area contributed by atoms with Gasteiger partial charge in [0, 0.05) is 52.4 Å². The number of nitrogens with zero attached hydrogens (tertiary/aromatic N) is 3. The standard InChI is InChI=1S/C11H22FN4/c12-2-1-5-15-6-8-16(9-7-15)11-10-13-3-4-14-11/h11,13H,1-10H2. The van der Waals surface area contributed by atoms with Gasteiger partial charge in [-0.05, 0) is 6.42 Å². The van der Waals surface area contributed by atoms with Crippen LogP contribution < -0.4 is 10.6 Å². The first-order chi connectivity index (χ1) is 7.90. The van der Waals surface area contributed by atoms with Crippen LogP contribution in [0.1, 0.15) is 6.42 Å². The number of hydrogen-bond acceptors (Lipinski definition) is 3. The number of nitrogens with one attached hydrogen (secondary N) is 1. The molecular weight excluding hydrogens is 207 g/mol. The molecule has 0 spiro atoms. The molecule has 5 heteroatoms. The summed E-state index contributed by atoms with van der Waals surface area (Å²) in [5.41, 5.74) is 0. The Bertz CT molecular complexity index is 188. The highest BCUT2D eigenvalue weighted by atomic mass is 19.1. The van der Waals surface area contributed by atoms with E-state index in [0.717, 1.165) is 52.4 Å². The summed E-state index contributed by atoms with van der Waals surface area (Å²) in [5.74, 6) is 0. The van der Waals surface area contributed by atoms with Crippen molar-refractivity contribution in [2.45, 2.75) is 12.6 Å². The summed E-state index contributed by atoms with van der Waals surface area (Å²) < 4.78 is 12.1. The topological polar surface area (TPSA) is 32.6 Å². The molecule has 93 valence electrons. The van der Waals surface area contributed by atoms with E-state index >= 15 is 0 Å². The van der Waals surface area contributed by atoms with E-state index in [2.05, 4.69) is 20.4 Å². The first-order valence-corrected chi connectivity index (χ1v) is 6.30. The van der Waals surface area contributed by atoms with Crippen molar-refractivity contribution in [3.63, 3.8) is 0 Å². The van der Waals surface area contributed by atoms with E-state index < -0.39 is 0 Å². The fourth-order valence-electron chi connectivity index (χ4n) is 2.40. The molecule has 0 aromatic rings. The van der Waals surface area contributed by atoms with Crippen LogP contribution in [0.2, 0.25) is 0 Å². The highest BCUT2D eigenvalue weighted by Crippen LogP contribution is 2.07. The molecule has 2 heterocycles. The van der Waals surface area contributed by atoms with Gasteiger partial charge in [-0.3, -0.25) is 9.29 Å². The second-order valence-corrected chi connectivity index (χ2v) is 4.51. The molecule has 0 aromatic heterocycles. The maximum absolute atomic E-state index is 12.1. The molecule has 1 N–H and O–H groups in total. The van der Waals surface area contributed by atoms with Crippen LogP contribution in [0.15, 0.2) is 0 Å². The SMILES string of the molecule is FCCCN1CCN(C2CNCC[N]2)CC1. The Kier molecular flexibility index (Phi) is 4.96. The molecule has 16 heavy (non-hydrogen) atoms. The van der Waals surface area contributed by atoms with Crippen LogP contribution >= 0.6 is 0 Å². The predicted octanol–water partition coefficient (Wildman–Crippen LogP) is -0.503. The molecule has 2 fully saturated rings. The first-order valence-electron chi connectivity index (χ1n) is 6.30. The summed E-state index contributed by atoms with van der Waals surface area (Å²) in [6.45, 7) is 7.93. The Morgan fingerprint density at radius 3 is 2.69 bits per heavy atom. The van der Waals surface area contributed by atoms with Crippen molar-refractivity contribution < 1.29 is 4.39 Å². The van der Waals surface area contributed by atoms with Gasteiger partial charge in [-0.25, -0.2) is 5.32 Å². The zero-order valence-corrected chi connectivity index (χ0v) is 9.87. The normalized spacial score (nSPS) is 29.4. The molecular formula is C11H22FN4. The number of rotatable bonds is 4. The van der Waals surface area contributed by atoms with Crippen molar-refractivity contribution in [2.24, 2.45) is 0 Å². The first kappa shape index (κ1) is 12.2. The minimum Gasteiger partial charge on any atom is -0.312 e. The van der Waals surface area contributed by atoms with E-state index in [1.165, 1.54) is 0 Å². The molecule has 0 aliphatic carbocycles. The second-order valence-electron chi connectivity index (χ2n) is 4.51. The highest BCUT2D eigenvalue weighted by molar-refractivity contribution is 4.81. The van der Waals surface area contributed by atoms with Crippen LogP contribution in [0.3, 0.4) is 0 Å². The molecule has 1 atom stereocenters. The van der Waals surface area contributed by atoms with Crippen molar-refractivity contribution in [1.29, 1.82) is 0 Å². The van der Waals surface area contributed by atoms with Crippen LogP contribution in [-0.4, -0.2) is 75.0 Å². The summed E-state index contributed by atoms with van der Waals surface area (Å²) >= 11 is 0. The zero-order valence-electron chi connectivity index (χ0n) is 9.87. The zero-order chi connectivity index (χ0) is 11.2. The Labute approximate surface area is 97.2 Å². The summed E-state index contributed by atoms with van der Waals surface area (Å²) in [5, 5.41) is 8.00. The van der Waals surface area contributed by atoms with Crippen LogP contribution in [-0.2, 0) is 0 Å². The van der Waals surface area contributed by atoms with Crippen LogP contribution in [0.5, 0.6) is 0 Å². The summed E-state index contributed by atoms with van der Waals surface area (Å²) in [4.78, 5) is 4.80. The van der Waals surface area contributed by atoms with Crippen molar-refractivity contribution in [3.05, 3.63) is 0 Å². The molecule has 2 aliphatic heterocycles. The van der Waals surface area contributed by atoms with Gasteiger partial charge in [-0.1, -0.05) is 0 Å². The van der Waals surface area contributed by atoms with Crippen molar-refractivity contribution in [3.8, 4) is 0 Å². The van der Waals surface area contributed by atoms with E-state index in [1.54, 1.807) is 0 Å². The third-order valence-electron chi connectivity index (χ3n) is 3.39. The van der Waals surface area contributed by atoms with E-state index in [0.29, 0.717) is 12.6 Å². The molecule has 4 nitrogen and oxygen atoms in total. The summed E-state index contributed by atoms with van der Waals surface area (Å²) in [6.07, 6.45) is 1.05. The molecule has 2 saturated heterocycles. The average molecular weight is 229 g/mol.